The first-order valence-electron chi connectivity index (χ1n) is 12.6. The van der Waals surface area contributed by atoms with E-state index in [-0.39, 0.29) is 5.41 Å². The fourth-order valence-corrected chi connectivity index (χ4v) is 6.58. The Hall–Kier alpha value is -1.59. The van der Waals surface area contributed by atoms with Crippen LogP contribution in [0.3, 0.4) is 0 Å². The van der Waals surface area contributed by atoms with Gasteiger partial charge in [-0.1, -0.05) is 13.8 Å². The number of benzene rings is 1. The lowest BCUT2D eigenvalue weighted by atomic mass is 9.79. The van der Waals surface area contributed by atoms with Gasteiger partial charge in [0.2, 0.25) is 5.91 Å². The van der Waals surface area contributed by atoms with Gasteiger partial charge >= 0.3 is 0 Å². The van der Waals surface area contributed by atoms with Crippen molar-refractivity contribution in [2.75, 3.05) is 49.2 Å². The number of rotatable bonds is 4. The van der Waals surface area contributed by atoms with Crippen molar-refractivity contribution in [3.05, 3.63) is 24.3 Å². The van der Waals surface area contributed by atoms with Crippen LogP contribution in [0.4, 0.5) is 11.4 Å². The third-order valence-corrected chi connectivity index (χ3v) is 8.53. The van der Waals surface area contributed by atoms with Gasteiger partial charge in [-0.05, 0) is 81.7 Å². The average Bonchev–Trinajstić information content (AvgIpc) is 3.41. The van der Waals surface area contributed by atoms with E-state index in [2.05, 4.69) is 47.9 Å². The molecular formula is C26H39N3O2. The van der Waals surface area contributed by atoms with Gasteiger partial charge in [0.05, 0.1) is 5.41 Å². The highest BCUT2D eigenvalue weighted by Gasteiger charge is 2.47. The Balaban J connectivity index is 1.19. The number of amides is 1. The van der Waals surface area contributed by atoms with E-state index < -0.39 is 0 Å². The molecule has 4 saturated heterocycles. The maximum Gasteiger partial charge on any atom is 0.233 e. The minimum absolute atomic E-state index is 0.164. The van der Waals surface area contributed by atoms with Crippen molar-refractivity contribution in [1.29, 1.82) is 0 Å². The fourth-order valence-electron chi connectivity index (χ4n) is 6.58. The highest BCUT2D eigenvalue weighted by Crippen LogP contribution is 2.43. The second kappa shape index (κ2) is 8.74. The molecule has 0 N–H and O–H groups in total. The number of hydrogen-bond acceptors (Lipinski definition) is 4. The molecule has 1 aromatic rings. The lowest BCUT2D eigenvalue weighted by Crippen LogP contribution is -2.48. The summed E-state index contributed by atoms with van der Waals surface area (Å²) in [6.07, 6.45) is 8.00. The first kappa shape index (κ1) is 21.3. The number of carbonyl (C=O) groups is 1. The normalized spacial score (nSPS) is 27.7. The number of nitrogens with zero attached hydrogens (tertiary/aromatic N) is 3. The van der Waals surface area contributed by atoms with Gasteiger partial charge in [-0.15, -0.1) is 0 Å². The van der Waals surface area contributed by atoms with Gasteiger partial charge in [-0.3, -0.25) is 9.69 Å². The number of likely N-dealkylation sites (tertiary alicyclic amines) is 1. The van der Waals surface area contributed by atoms with Crippen LogP contribution in [0, 0.1) is 11.3 Å². The molecule has 4 heterocycles. The van der Waals surface area contributed by atoms with Crippen molar-refractivity contribution in [1.82, 2.24) is 4.90 Å². The van der Waals surface area contributed by atoms with E-state index in [1.54, 1.807) is 0 Å². The van der Waals surface area contributed by atoms with E-state index in [4.69, 9.17) is 4.74 Å². The molecule has 1 unspecified atom stereocenters. The SMILES string of the molecule is CC(C)C1CCCN1C1CCN(c2ccc(N3CCC4(CCOCC4)C3=O)cc2)CC1. The zero-order valence-corrected chi connectivity index (χ0v) is 19.4. The molecule has 4 aliphatic heterocycles. The van der Waals surface area contributed by atoms with Gasteiger partial charge in [0.1, 0.15) is 0 Å². The van der Waals surface area contributed by atoms with Gasteiger partial charge in [-0.25, -0.2) is 0 Å². The number of hydrogen-bond donors (Lipinski definition) is 0. The van der Waals surface area contributed by atoms with Crippen LogP contribution in [0.2, 0.25) is 0 Å². The molecule has 0 aromatic heterocycles. The van der Waals surface area contributed by atoms with Crippen LogP contribution in [0.15, 0.2) is 24.3 Å². The molecule has 1 amide bonds. The molecule has 31 heavy (non-hydrogen) atoms. The molecule has 5 heteroatoms. The van der Waals surface area contributed by atoms with E-state index in [0.717, 1.165) is 75.8 Å². The lowest BCUT2D eigenvalue weighted by molar-refractivity contribution is -0.130. The summed E-state index contributed by atoms with van der Waals surface area (Å²) in [6.45, 7) is 10.6. The Kier molecular flexibility index (Phi) is 6.00. The molecule has 1 aromatic carbocycles. The lowest BCUT2D eigenvalue weighted by Gasteiger charge is -2.41. The Morgan fingerprint density at radius 2 is 1.58 bits per heavy atom. The first-order valence-corrected chi connectivity index (χ1v) is 12.6. The Labute approximate surface area is 187 Å². The predicted molar refractivity (Wildman–Crippen MR) is 126 cm³/mol. The minimum Gasteiger partial charge on any atom is -0.381 e. The topological polar surface area (TPSA) is 36.0 Å². The monoisotopic (exact) mass is 425 g/mol. The van der Waals surface area contributed by atoms with Crippen LogP contribution in [-0.4, -0.2) is 62.3 Å². The Bertz CT molecular complexity index is 763. The maximum atomic E-state index is 13.2. The summed E-state index contributed by atoms with van der Waals surface area (Å²) in [5, 5.41) is 0. The van der Waals surface area contributed by atoms with Crippen molar-refractivity contribution in [2.24, 2.45) is 11.3 Å². The summed E-state index contributed by atoms with van der Waals surface area (Å²) in [6, 6.07) is 10.3. The van der Waals surface area contributed by atoms with Gasteiger partial charge in [-0.2, -0.15) is 0 Å². The number of anilines is 2. The largest absolute Gasteiger partial charge is 0.381 e. The molecule has 0 saturated carbocycles. The molecule has 170 valence electrons. The van der Waals surface area contributed by atoms with E-state index >= 15 is 0 Å². The van der Waals surface area contributed by atoms with Crippen molar-refractivity contribution in [3.8, 4) is 0 Å². The Morgan fingerprint density at radius 3 is 2.26 bits per heavy atom. The summed E-state index contributed by atoms with van der Waals surface area (Å²) in [5.74, 6) is 1.08. The highest BCUT2D eigenvalue weighted by molar-refractivity contribution is 6.00. The van der Waals surface area contributed by atoms with Crippen molar-refractivity contribution in [2.45, 2.75) is 70.9 Å². The van der Waals surface area contributed by atoms with E-state index in [1.165, 1.54) is 37.9 Å². The minimum atomic E-state index is -0.164. The average molecular weight is 426 g/mol. The van der Waals surface area contributed by atoms with Crippen LogP contribution in [0.5, 0.6) is 0 Å². The predicted octanol–water partition coefficient (Wildman–Crippen LogP) is 4.31. The van der Waals surface area contributed by atoms with Crippen LogP contribution in [0.1, 0.15) is 58.8 Å². The molecule has 5 rings (SSSR count). The van der Waals surface area contributed by atoms with Crippen LogP contribution in [-0.2, 0) is 9.53 Å². The summed E-state index contributed by atoms with van der Waals surface area (Å²) in [5.41, 5.74) is 2.20. The van der Waals surface area contributed by atoms with Crippen molar-refractivity contribution < 1.29 is 9.53 Å². The molecule has 0 aliphatic carbocycles. The van der Waals surface area contributed by atoms with E-state index in [0.29, 0.717) is 5.91 Å². The number of piperidine rings is 1. The molecule has 1 atom stereocenters. The van der Waals surface area contributed by atoms with E-state index in [9.17, 15) is 4.79 Å². The molecule has 0 bridgehead atoms. The standard InChI is InChI=1S/C26H39N3O2/c1-20(2)24-4-3-14-28(24)23-9-15-27(16-10-23)21-5-7-22(8-6-21)29-17-11-26(25(29)30)12-18-31-19-13-26/h5-8,20,23-24H,3-4,9-19H2,1-2H3. The molecule has 0 radical (unpaired) electrons. The third kappa shape index (κ3) is 4.00. The maximum absolute atomic E-state index is 13.2. The van der Waals surface area contributed by atoms with Gasteiger partial charge in [0, 0.05) is 56.3 Å². The molecule has 4 fully saturated rings. The third-order valence-electron chi connectivity index (χ3n) is 8.53. The first-order chi connectivity index (χ1) is 15.1. The fraction of sp³-hybridized carbons (Fsp3) is 0.731. The van der Waals surface area contributed by atoms with Gasteiger partial charge in [0.15, 0.2) is 0 Å². The van der Waals surface area contributed by atoms with E-state index in [1.807, 2.05) is 4.90 Å². The van der Waals surface area contributed by atoms with Crippen LogP contribution in [0.25, 0.3) is 0 Å². The summed E-state index contributed by atoms with van der Waals surface area (Å²) in [4.78, 5) is 20.5. The van der Waals surface area contributed by atoms with Crippen LogP contribution >= 0.6 is 0 Å². The summed E-state index contributed by atoms with van der Waals surface area (Å²) >= 11 is 0. The van der Waals surface area contributed by atoms with Crippen molar-refractivity contribution >= 4 is 17.3 Å². The zero-order chi connectivity index (χ0) is 21.4. The van der Waals surface area contributed by atoms with Gasteiger partial charge in [0.25, 0.3) is 0 Å². The molecule has 5 nitrogen and oxygen atoms in total. The molecule has 4 aliphatic rings. The number of ether oxygens (including phenoxy) is 1. The second-order valence-corrected chi connectivity index (χ2v) is 10.5. The quantitative estimate of drug-likeness (QED) is 0.720. The smallest absolute Gasteiger partial charge is 0.233 e. The second-order valence-electron chi connectivity index (χ2n) is 10.5. The van der Waals surface area contributed by atoms with Crippen molar-refractivity contribution in [3.63, 3.8) is 0 Å². The summed E-state index contributed by atoms with van der Waals surface area (Å²) < 4.78 is 5.51. The zero-order valence-electron chi connectivity index (χ0n) is 19.4. The molecule has 1 spiro atoms. The highest BCUT2D eigenvalue weighted by atomic mass is 16.5. The molecular weight excluding hydrogens is 386 g/mol. The summed E-state index contributed by atoms with van der Waals surface area (Å²) in [7, 11) is 0. The number of carbonyl (C=O) groups excluding carboxylic acids is 1. The van der Waals surface area contributed by atoms with Gasteiger partial charge < -0.3 is 14.5 Å². The Morgan fingerprint density at radius 1 is 0.903 bits per heavy atom. The van der Waals surface area contributed by atoms with Crippen LogP contribution < -0.4 is 9.80 Å².